The fraction of sp³-hybridized carbons (Fsp3) is 0.586. The third-order valence-electron chi connectivity index (χ3n) is 7.05. The highest BCUT2D eigenvalue weighted by Gasteiger charge is 2.40. The smallest absolute Gasteiger partial charge is 0.233 e. The molecule has 0 fully saturated rings. The zero-order chi connectivity index (χ0) is 24.7. The maximum absolute atomic E-state index is 6.46. The molecule has 2 aromatic rings. The van der Waals surface area contributed by atoms with Gasteiger partial charge in [0.2, 0.25) is 12.6 Å². The highest BCUT2D eigenvalue weighted by Crippen LogP contribution is 2.50. The number of halogens is 2. The van der Waals surface area contributed by atoms with Crippen LogP contribution in [0.1, 0.15) is 92.9 Å². The molecule has 3 nitrogen and oxygen atoms in total. The molecule has 4 rings (SSSR count). The predicted octanol–water partition coefficient (Wildman–Crippen LogP) is 8.59. The van der Waals surface area contributed by atoms with Crippen LogP contribution in [-0.4, -0.2) is 11.8 Å². The third-order valence-corrected chi connectivity index (χ3v) is 7.51. The van der Waals surface area contributed by atoms with Gasteiger partial charge in [0, 0.05) is 11.8 Å². The Morgan fingerprint density at radius 1 is 0.706 bits per heavy atom. The van der Waals surface area contributed by atoms with Gasteiger partial charge in [-0.1, -0.05) is 39.8 Å². The third kappa shape index (κ3) is 5.53. The molecule has 0 amide bonds. The number of ether oxygens (including phenoxy) is 3. The van der Waals surface area contributed by atoms with Crippen molar-refractivity contribution in [2.24, 2.45) is 10.8 Å². The molecule has 2 heterocycles. The zero-order valence-corrected chi connectivity index (χ0v) is 22.9. The Hall–Kier alpha value is -1.42. The first-order valence-electron chi connectivity index (χ1n) is 12.4. The van der Waals surface area contributed by atoms with E-state index in [-0.39, 0.29) is 10.8 Å². The quantitative estimate of drug-likeness (QED) is 0.320. The summed E-state index contributed by atoms with van der Waals surface area (Å²) >= 11 is 12.0. The number of aryl methyl sites for hydroxylation is 2. The van der Waals surface area contributed by atoms with E-state index in [1.165, 1.54) is 11.1 Å². The van der Waals surface area contributed by atoms with Crippen LogP contribution >= 0.6 is 23.2 Å². The molecule has 2 aliphatic rings. The highest BCUT2D eigenvalue weighted by atomic mass is 35.5. The lowest BCUT2D eigenvalue weighted by atomic mass is 9.81. The summed E-state index contributed by atoms with van der Waals surface area (Å²) in [6.07, 6.45) is 4.10. The van der Waals surface area contributed by atoms with Crippen LogP contribution in [0.2, 0.25) is 0 Å². The van der Waals surface area contributed by atoms with Crippen molar-refractivity contribution in [1.29, 1.82) is 0 Å². The highest BCUT2D eigenvalue weighted by molar-refractivity contribution is 6.18. The lowest BCUT2D eigenvalue weighted by Crippen LogP contribution is -2.31. The maximum atomic E-state index is 6.46. The topological polar surface area (TPSA) is 27.7 Å². The monoisotopic (exact) mass is 504 g/mol. The molecule has 0 aromatic heterocycles. The number of hydrogen-bond acceptors (Lipinski definition) is 3. The minimum absolute atomic E-state index is 0.131. The minimum Gasteiger partial charge on any atom is -0.459 e. The van der Waals surface area contributed by atoms with Gasteiger partial charge in [-0.25, -0.2) is 0 Å². The molecule has 2 aliphatic heterocycles. The molecule has 0 spiro atoms. The molecule has 0 aliphatic carbocycles. The van der Waals surface area contributed by atoms with Gasteiger partial charge in [0.05, 0.1) is 11.1 Å². The second-order valence-corrected chi connectivity index (χ2v) is 12.4. The van der Waals surface area contributed by atoms with Crippen LogP contribution in [0.5, 0.6) is 11.5 Å². The summed E-state index contributed by atoms with van der Waals surface area (Å²) in [4.78, 5) is 0. The Labute approximate surface area is 215 Å². The number of fused-ring (bicyclic) bond motifs is 6. The lowest BCUT2D eigenvalue weighted by Gasteiger charge is -2.40. The normalized spacial score (nSPS) is 19.2. The van der Waals surface area contributed by atoms with E-state index in [4.69, 9.17) is 37.4 Å². The minimum atomic E-state index is -0.458. The average molecular weight is 506 g/mol. The average Bonchev–Trinajstić information content (AvgIpc) is 2.73. The summed E-state index contributed by atoms with van der Waals surface area (Å²) in [6.45, 7) is 13.4. The Morgan fingerprint density at radius 2 is 1.18 bits per heavy atom. The van der Waals surface area contributed by atoms with E-state index in [9.17, 15) is 0 Å². The summed E-state index contributed by atoms with van der Waals surface area (Å²) in [7, 11) is 0. The Kier molecular flexibility index (Phi) is 7.48. The molecule has 0 saturated carbocycles. The van der Waals surface area contributed by atoms with Crippen LogP contribution in [0.4, 0.5) is 0 Å². The predicted molar refractivity (Wildman–Crippen MR) is 140 cm³/mol. The Bertz CT molecular complexity index is 1040. The van der Waals surface area contributed by atoms with E-state index in [1.54, 1.807) is 0 Å². The lowest BCUT2D eigenvalue weighted by molar-refractivity contribution is -0.228. The van der Waals surface area contributed by atoms with E-state index in [0.717, 1.165) is 65.9 Å². The molecule has 186 valence electrons. The Balaban J connectivity index is 1.62. The van der Waals surface area contributed by atoms with Gasteiger partial charge in [-0.15, -0.1) is 23.2 Å². The standard InChI is InChI=1S/C29H38Cl2O3/c1-18-12-20(16-28(3,4)8-7-10-30)14-22-24(18)32-27-23-15-21(17-29(5,6)9-11-31)13-19(2)25(23)33-26(22)34-27/h12-15,26-27H,7-11,16-17H2,1-6H3. The van der Waals surface area contributed by atoms with E-state index >= 15 is 0 Å². The van der Waals surface area contributed by atoms with Gasteiger partial charge in [-0.3, -0.25) is 4.74 Å². The molecular weight excluding hydrogens is 467 g/mol. The second kappa shape index (κ2) is 9.91. The second-order valence-electron chi connectivity index (χ2n) is 11.6. The van der Waals surface area contributed by atoms with E-state index in [2.05, 4.69) is 65.8 Å². The van der Waals surface area contributed by atoms with Crippen molar-refractivity contribution in [2.75, 3.05) is 11.8 Å². The molecule has 2 bridgehead atoms. The van der Waals surface area contributed by atoms with Crippen molar-refractivity contribution in [3.8, 4) is 11.5 Å². The zero-order valence-electron chi connectivity index (χ0n) is 21.4. The van der Waals surface area contributed by atoms with Gasteiger partial charge in [0.25, 0.3) is 0 Å². The van der Waals surface area contributed by atoms with Crippen LogP contribution in [0.3, 0.4) is 0 Å². The number of rotatable bonds is 9. The molecule has 0 N–H and O–H groups in total. The van der Waals surface area contributed by atoms with Crippen molar-refractivity contribution >= 4 is 23.2 Å². The van der Waals surface area contributed by atoms with Crippen molar-refractivity contribution < 1.29 is 14.2 Å². The van der Waals surface area contributed by atoms with Gasteiger partial charge in [0.15, 0.2) is 0 Å². The maximum Gasteiger partial charge on any atom is 0.233 e. The van der Waals surface area contributed by atoms with Crippen molar-refractivity contribution in [3.05, 3.63) is 57.6 Å². The van der Waals surface area contributed by atoms with Gasteiger partial charge in [-0.2, -0.15) is 0 Å². The molecule has 0 saturated heterocycles. The van der Waals surface area contributed by atoms with Crippen LogP contribution in [0.15, 0.2) is 24.3 Å². The number of hydrogen-bond donors (Lipinski definition) is 0. The van der Waals surface area contributed by atoms with Gasteiger partial charge in [-0.05, 0) is 91.2 Å². The van der Waals surface area contributed by atoms with Gasteiger partial charge < -0.3 is 9.47 Å². The number of benzene rings is 2. The van der Waals surface area contributed by atoms with Crippen molar-refractivity contribution in [1.82, 2.24) is 0 Å². The van der Waals surface area contributed by atoms with E-state index in [0.29, 0.717) is 11.8 Å². The molecule has 0 radical (unpaired) electrons. The van der Waals surface area contributed by atoms with Crippen LogP contribution < -0.4 is 9.47 Å². The van der Waals surface area contributed by atoms with Crippen LogP contribution in [-0.2, 0) is 17.6 Å². The summed E-state index contributed by atoms with van der Waals surface area (Å²) < 4.78 is 19.2. The van der Waals surface area contributed by atoms with Gasteiger partial charge in [0.1, 0.15) is 11.5 Å². The van der Waals surface area contributed by atoms with E-state index in [1.807, 2.05) is 0 Å². The summed E-state index contributed by atoms with van der Waals surface area (Å²) in [6, 6.07) is 8.87. The Morgan fingerprint density at radius 3 is 1.62 bits per heavy atom. The fourth-order valence-corrected chi connectivity index (χ4v) is 6.02. The van der Waals surface area contributed by atoms with E-state index < -0.39 is 12.6 Å². The van der Waals surface area contributed by atoms with Gasteiger partial charge >= 0.3 is 0 Å². The van der Waals surface area contributed by atoms with Crippen molar-refractivity contribution in [2.45, 2.75) is 86.2 Å². The molecule has 34 heavy (non-hydrogen) atoms. The fourth-order valence-electron chi connectivity index (χ4n) is 5.37. The summed E-state index contributed by atoms with van der Waals surface area (Å²) in [5.74, 6) is 3.14. The first-order valence-corrected chi connectivity index (χ1v) is 13.5. The molecule has 2 unspecified atom stereocenters. The SMILES string of the molecule is Cc1cc(CC(C)(C)CCCl)cc2c1OC1OC2Oc2c(C)cc(CC(C)(C)CCCCl)cc21. The largest absolute Gasteiger partial charge is 0.459 e. The van der Waals surface area contributed by atoms with Crippen LogP contribution in [0, 0.1) is 24.7 Å². The first-order chi connectivity index (χ1) is 16.0. The van der Waals surface area contributed by atoms with Crippen LogP contribution in [0.25, 0.3) is 0 Å². The summed E-state index contributed by atoms with van der Waals surface area (Å²) in [5, 5.41) is 0. The van der Waals surface area contributed by atoms with Crippen molar-refractivity contribution in [3.63, 3.8) is 0 Å². The number of alkyl halides is 2. The molecular formula is C29H38Cl2O3. The molecule has 5 heteroatoms. The first kappa shape index (κ1) is 25.7. The molecule has 2 atom stereocenters. The summed E-state index contributed by atoms with van der Waals surface area (Å²) in [5.41, 5.74) is 7.06. The molecule has 2 aromatic carbocycles.